The molecule has 4 rings (SSSR count). The van der Waals surface area contributed by atoms with Crippen LogP contribution in [0.3, 0.4) is 0 Å². The Morgan fingerprint density at radius 2 is 1.69 bits per heavy atom. The van der Waals surface area contributed by atoms with Crippen LogP contribution in [0.15, 0.2) is 81.9 Å². The van der Waals surface area contributed by atoms with Gasteiger partial charge in [-0.05, 0) is 54.6 Å². The summed E-state index contributed by atoms with van der Waals surface area (Å²) in [5.74, 6) is -0.629. The second kappa shape index (κ2) is 10.2. The van der Waals surface area contributed by atoms with E-state index in [0.29, 0.717) is 34.1 Å². The molecule has 178 valence electrons. The number of hydrogen-bond acceptors (Lipinski definition) is 6. The van der Waals surface area contributed by atoms with Crippen LogP contribution >= 0.6 is 27.5 Å². The molecule has 1 aliphatic rings. The number of ether oxygens (including phenoxy) is 2. The van der Waals surface area contributed by atoms with Crippen molar-refractivity contribution in [2.24, 2.45) is 0 Å². The lowest BCUT2D eigenvalue weighted by molar-refractivity contribution is -0.120. The average molecular weight is 557 g/mol. The zero-order valence-electron chi connectivity index (χ0n) is 18.6. The SMILES string of the molecule is COc1ccc(OC)c(NC(=O)c2cccc(NC3=C(Cl)C(=O)N(c4ccc(Br)cc4)C3=O)c2)c1. The van der Waals surface area contributed by atoms with Crippen molar-refractivity contribution in [1.29, 1.82) is 0 Å². The third-order valence-electron chi connectivity index (χ3n) is 5.16. The van der Waals surface area contributed by atoms with Crippen molar-refractivity contribution >= 4 is 62.3 Å². The Balaban J connectivity index is 1.55. The van der Waals surface area contributed by atoms with Crippen LogP contribution in [0, 0.1) is 0 Å². The number of carbonyl (C=O) groups is 3. The van der Waals surface area contributed by atoms with Gasteiger partial charge in [0, 0.05) is 21.8 Å². The fourth-order valence-electron chi connectivity index (χ4n) is 3.42. The van der Waals surface area contributed by atoms with Crippen LogP contribution in [0.5, 0.6) is 11.5 Å². The topological polar surface area (TPSA) is 97.0 Å². The van der Waals surface area contributed by atoms with Gasteiger partial charge in [-0.1, -0.05) is 33.6 Å². The second-order valence-electron chi connectivity index (χ2n) is 7.34. The van der Waals surface area contributed by atoms with Gasteiger partial charge in [-0.25, -0.2) is 4.90 Å². The Kier molecular flexibility index (Phi) is 7.09. The molecule has 3 amide bonds. The molecule has 0 bridgehead atoms. The summed E-state index contributed by atoms with van der Waals surface area (Å²) in [6, 6.07) is 18.2. The van der Waals surface area contributed by atoms with Gasteiger partial charge in [-0.3, -0.25) is 14.4 Å². The number of hydrogen-bond donors (Lipinski definition) is 2. The van der Waals surface area contributed by atoms with Crippen LogP contribution in [0.25, 0.3) is 0 Å². The smallest absolute Gasteiger partial charge is 0.283 e. The number of nitrogens with zero attached hydrogens (tertiary/aromatic N) is 1. The fraction of sp³-hybridized carbons (Fsp3) is 0.0800. The van der Waals surface area contributed by atoms with E-state index in [2.05, 4.69) is 26.6 Å². The Labute approximate surface area is 214 Å². The van der Waals surface area contributed by atoms with Gasteiger partial charge < -0.3 is 20.1 Å². The number of nitrogens with one attached hydrogen (secondary N) is 2. The van der Waals surface area contributed by atoms with Gasteiger partial charge in [0.1, 0.15) is 22.2 Å². The van der Waals surface area contributed by atoms with E-state index >= 15 is 0 Å². The summed E-state index contributed by atoms with van der Waals surface area (Å²) in [5, 5.41) is 5.43. The van der Waals surface area contributed by atoms with Crippen LogP contribution in [-0.2, 0) is 9.59 Å². The Morgan fingerprint density at radius 3 is 2.37 bits per heavy atom. The molecule has 35 heavy (non-hydrogen) atoms. The van der Waals surface area contributed by atoms with Crippen molar-refractivity contribution in [3.63, 3.8) is 0 Å². The minimum absolute atomic E-state index is 0.0772. The van der Waals surface area contributed by atoms with E-state index in [0.717, 1.165) is 9.37 Å². The summed E-state index contributed by atoms with van der Waals surface area (Å²) in [5.41, 5.74) is 1.45. The van der Waals surface area contributed by atoms with Crippen molar-refractivity contribution < 1.29 is 23.9 Å². The van der Waals surface area contributed by atoms with E-state index in [-0.39, 0.29) is 10.7 Å². The molecule has 2 N–H and O–H groups in total. The molecule has 1 heterocycles. The maximum absolute atomic E-state index is 13.0. The van der Waals surface area contributed by atoms with E-state index in [1.54, 1.807) is 66.7 Å². The summed E-state index contributed by atoms with van der Waals surface area (Å²) in [6.07, 6.45) is 0. The molecule has 0 radical (unpaired) electrons. The fourth-order valence-corrected chi connectivity index (χ4v) is 3.90. The molecule has 0 saturated carbocycles. The number of carbonyl (C=O) groups excluding carboxylic acids is 3. The van der Waals surface area contributed by atoms with Gasteiger partial charge in [0.25, 0.3) is 17.7 Å². The molecular formula is C25H19BrClN3O5. The van der Waals surface area contributed by atoms with Gasteiger partial charge in [-0.15, -0.1) is 0 Å². The first-order valence-corrected chi connectivity index (χ1v) is 11.4. The Morgan fingerprint density at radius 1 is 0.943 bits per heavy atom. The van der Waals surface area contributed by atoms with Crippen LogP contribution in [0.4, 0.5) is 17.1 Å². The van der Waals surface area contributed by atoms with Gasteiger partial charge >= 0.3 is 0 Å². The van der Waals surface area contributed by atoms with Gasteiger partial charge in [0.2, 0.25) is 0 Å². The van der Waals surface area contributed by atoms with Crippen molar-refractivity contribution in [1.82, 2.24) is 0 Å². The number of imide groups is 1. The lowest BCUT2D eigenvalue weighted by Crippen LogP contribution is -2.32. The van der Waals surface area contributed by atoms with Crippen LogP contribution < -0.4 is 25.0 Å². The second-order valence-corrected chi connectivity index (χ2v) is 8.63. The predicted octanol–water partition coefficient (Wildman–Crippen LogP) is 5.15. The van der Waals surface area contributed by atoms with Gasteiger partial charge in [0.05, 0.1) is 25.6 Å². The Bertz CT molecular complexity index is 1360. The maximum atomic E-state index is 13.0. The molecule has 0 unspecified atom stereocenters. The maximum Gasteiger partial charge on any atom is 0.283 e. The molecule has 3 aromatic rings. The number of amides is 3. The molecule has 0 aliphatic carbocycles. The Hall–Kier alpha value is -3.82. The first-order valence-electron chi connectivity index (χ1n) is 10.3. The summed E-state index contributed by atoms with van der Waals surface area (Å²) >= 11 is 9.54. The molecule has 0 saturated heterocycles. The minimum atomic E-state index is -0.638. The molecular weight excluding hydrogens is 538 g/mol. The molecule has 0 spiro atoms. The molecule has 0 atom stereocenters. The third kappa shape index (κ3) is 5.01. The zero-order valence-corrected chi connectivity index (χ0v) is 20.9. The molecule has 10 heteroatoms. The third-order valence-corrected chi connectivity index (χ3v) is 6.04. The largest absolute Gasteiger partial charge is 0.497 e. The summed E-state index contributed by atoms with van der Waals surface area (Å²) in [6.45, 7) is 0. The van der Waals surface area contributed by atoms with E-state index in [1.807, 2.05) is 0 Å². The first-order chi connectivity index (χ1) is 16.8. The molecule has 8 nitrogen and oxygen atoms in total. The van der Waals surface area contributed by atoms with Crippen LogP contribution in [-0.4, -0.2) is 31.9 Å². The van der Waals surface area contributed by atoms with Crippen LogP contribution in [0.2, 0.25) is 0 Å². The lowest BCUT2D eigenvalue weighted by atomic mass is 10.1. The summed E-state index contributed by atoms with van der Waals surface area (Å²) in [4.78, 5) is 39.6. The highest BCUT2D eigenvalue weighted by atomic mass is 79.9. The van der Waals surface area contributed by atoms with Crippen molar-refractivity contribution in [3.8, 4) is 11.5 Å². The highest BCUT2D eigenvalue weighted by Crippen LogP contribution is 2.32. The number of benzene rings is 3. The highest BCUT2D eigenvalue weighted by molar-refractivity contribution is 9.10. The number of halogens is 2. The van der Waals surface area contributed by atoms with Gasteiger partial charge in [-0.2, -0.15) is 0 Å². The van der Waals surface area contributed by atoms with E-state index < -0.39 is 17.7 Å². The molecule has 3 aromatic carbocycles. The summed E-state index contributed by atoms with van der Waals surface area (Å²) < 4.78 is 11.3. The van der Waals surface area contributed by atoms with Gasteiger partial charge in [0.15, 0.2) is 0 Å². The predicted molar refractivity (Wildman–Crippen MR) is 137 cm³/mol. The minimum Gasteiger partial charge on any atom is -0.497 e. The van der Waals surface area contributed by atoms with E-state index in [9.17, 15) is 14.4 Å². The van der Waals surface area contributed by atoms with Crippen molar-refractivity contribution in [3.05, 3.63) is 87.5 Å². The molecule has 0 aromatic heterocycles. The number of methoxy groups -OCH3 is 2. The lowest BCUT2D eigenvalue weighted by Gasteiger charge is -2.15. The van der Waals surface area contributed by atoms with E-state index in [4.69, 9.17) is 21.1 Å². The van der Waals surface area contributed by atoms with E-state index in [1.165, 1.54) is 14.2 Å². The molecule has 1 aliphatic heterocycles. The first kappa shape index (κ1) is 24.3. The highest BCUT2D eigenvalue weighted by Gasteiger charge is 2.39. The van der Waals surface area contributed by atoms with Crippen molar-refractivity contribution in [2.75, 3.05) is 29.8 Å². The number of rotatable bonds is 7. The molecule has 0 fully saturated rings. The standard InChI is InChI=1S/C25H19BrClN3O5/c1-34-18-10-11-20(35-2)19(13-18)29-23(31)14-4-3-5-16(12-14)28-22-21(27)24(32)30(25(22)33)17-8-6-15(26)7-9-17/h3-13,28H,1-2H3,(H,29,31). The summed E-state index contributed by atoms with van der Waals surface area (Å²) in [7, 11) is 3.02. The van der Waals surface area contributed by atoms with Crippen LogP contribution in [0.1, 0.15) is 10.4 Å². The normalized spacial score (nSPS) is 13.2. The van der Waals surface area contributed by atoms with Crippen molar-refractivity contribution in [2.45, 2.75) is 0 Å². The zero-order chi connectivity index (χ0) is 25.1. The number of anilines is 3. The quantitative estimate of drug-likeness (QED) is 0.391. The average Bonchev–Trinajstić information content (AvgIpc) is 3.07. The monoisotopic (exact) mass is 555 g/mol.